The fourth-order valence-corrected chi connectivity index (χ4v) is 5.63. The van der Waals surface area contributed by atoms with Crippen molar-refractivity contribution in [2.24, 2.45) is 0 Å². The molecule has 0 fully saturated rings. The molecule has 1 N–H and O–H groups in total. The van der Waals surface area contributed by atoms with E-state index in [0.29, 0.717) is 25.1 Å². The molecule has 0 aliphatic heterocycles. The van der Waals surface area contributed by atoms with E-state index in [1.54, 1.807) is 29.2 Å². The van der Waals surface area contributed by atoms with Gasteiger partial charge in [-0.2, -0.15) is 0 Å². The third-order valence-corrected chi connectivity index (χ3v) is 7.93. The molecule has 0 bridgehead atoms. The van der Waals surface area contributed by atoms with Crippen molar-refractivity contribution >= 4 is 27.5 Å². The predicted octanol–water partition coefficient (Wildman–Crippen LogP) is 5.10. The first-order valence-corrected chi connectivity index (χ1v) is 15.7. The zero-order valence-electron chi connectivity index (χ0n) is 23.8. The van der Waals surface area contributed by atoms with Crippen molar-refractivity contribution in [1.82, 2.24) is 10.2 Å². The van der Waals surface area contributed by atoms with E-state index in [1.165, 1.54) is 10.6 Å². The zero-order chi connectivity index (χ0) is 29.0. The number of unbranched alkanes of at least 4 members (excludes halogenated alkanes) is 1. The van der Waals surface area contributed by atoms with E-state index in [2.05, 4.69) is 12.2 Å². The molecule has 40 heavy (non-hydrogen) atoms. The summed E-state index contributed by atoms with van der Waals surface area (Å²) in [7, 11) is -3.53. The second-order valence-electron chi connectivity index (χ2n) is 10.1. The van der Waals surface area contributed by atoms with E-state index in [-0.39, 0.29) is 31.3 Å². The third-order valence-electron chi connectivity index (χ3n) is 6.73. The Balaban J connectivity index is 1.86. The number of rotatable bonds is 15. The van der Waals surface area contributed by atoms with Crippen molar-refractivity contribution in [2.75, 3.05) is 23.7 Å². The molecule has 0 heterocycles. The summed E-state index contributed by atoms with van der Waals surface area (Å²) in [5.41, 5.74) is 3.54. The molecular weight excluding hydrogens is 522 g/mol. The molecule has 3 rings (SSSR count). The summed E-state index contributed by atoms with van der Waals surface area (Å²) >= 11 is 0. The van der Waals surface area contributed by atoms with Crippen LogP contribution in [0.2, 0.25) is 0 Å². The molecule has 0 spiro atoms. The fourth-order valence-electron chi connectivity index (χ4n) is 4.67. The number of para-hydroxylation sites is 1. The monoisotopic (exact) mass is 563 g/mol. The molecule has 3 aromatic rings. The lowest BCUT2D eigenvalue weighted by Gasteiger charge is -2.32. The molecule has 214 valence electrons. The van der Waals surface area contributed by atoms with E-state index in [0.717, 1.165) is 29.5 Å². The molecule has 0 saturated carbocycles. The number of sulfonamides is 1. The van der Waals surface area contributed by atoms with Gasteiger partial charge >= 0.3 is 0 Å². The van der Waals surface area contributed by atoms with Gasteiger partial charge in [-0.1, -0.05) is 91.7 Å². The molecule has 0 saturated heterocycles. The minimum Gasteiger partial charge on any atom is -0.354 e. The number of amides is 2. The van der Waals surface area contributed by atoms with Gasteiger partial charge in [-0.25, -0.2) is 8.42 Å². The largest absolute Gasteiger partial charge is 0.354 e. The number of hydrogen-bond donors (Lipinski definition) is 1. The number of hydrogen-bond acceptors (Lipinski definition) is 4. The molecule has 3 aromatic carbocycles. The Hall–Kier alpha value is -3.65. The molecule has 1 atom stereocenters. The maximum absolute atomic E-state index is 13.8. The van der Waals surface area contributed by atoms with Crippen molar-refractivity contribution in [3.8, 4) is 0 Å². The summed E-state index contributed by atoms with van der Waals surface area (Å²) < 4.78 is 26.4. The SMILES string of the molecule is CCCCNC(=O)[C@H](Cc1ccccc1)N(Cc1cccc(C)c1)C(=O)CCCN(c1ccccc1)S(C)(=O)=O. The number of nitrogens with one attached hydrogen (secondary N) is 1. The Morgan fingerprint density at radius 3 is 2.15 bits per heavy atom. The van der Waals surface area contributed by atoms with Crippen LogP contribution in [0.1, 0.15) is 49.3 Å². The Morgan fingerprint density at radius 2 is 1.52 bits per heavy atom. The van der Waals surface area contributed by atoms with Crippen LogP contribution in [0.5, 0.6) is 0 Å². The van der Waals surface area contributed by atoms with Gasteiger partial charge in [-0.05, 0) is 43.0 Å². The molecule has 0 aromatic heterocycles. The van der Waals surface area contributed by atoms with Crippen LogP contribution in [0.25, 0.3) is 0 Å². The van der Waals surface area contributed by atoms with E-state index >= 15 is 0 Å². The quantitative estimate of drug-likeness (QED) is 0.261. The number of aryl methyl sites for hydroxylation is 1. The highest BCUT2D eigenvalue weighted by atomic mass is 32.2. The number of anilines is 1. The number of carbonyl (C=O) groups is 2. The highest BCUT2D eigenvalue weighted by molar-refractivity contribution is 7.92. The van der Waals surface area contributed by atoms with Crippen molar-refractivity contribution in [3.63, 3.8) is 0 Å². The van der Waals surface area contributed by atoms with Gasteiger partial charge in [0.2, 0.25) is 21.8 Å². The van der Waals surface area contributed by atoms with Crippen LogP contribution < -0.4 is 9.62 Å². The molecule has 0 aliphatic carbocycles. The molecule has 7 nitrogen and oxygen atoms in total. The van der Waals surface area contributed by atoms with Crippen molar-refractivity contribution in [3.05, 3.63) is 102 Å². The molecule has 0 unspecified atom stereocenters. The number of nitrogens with zero attached hydrogens (tertiary/aromatic N) is 2. The van der Waals surface area contributed by atoms with E-state index in [4.69, 9.17) is 0 Å². The first kappa shape index (κ1) is 30.9. The Morgan fingerprint density at radius 1 is 0.875 bits per heavy atom. The topological polar surface area (TPSA) is 86.8 Å². The molecular formula is C32H41N3O4S. The lowest BCUT2D eigenvalue weighted by molar-refractivity contribution is -0.141. The summed E-state index contributed by atoms with van der Waals surface area (Å²) in [6, 6.07) is 25.8. The highest BCUT2D eigenvalue weighted by Gasteiger charge is 2.30. The van der Waals surface area contributed by atoms with Crippen LogP contribution in [0.15, 0.2) is 84.9 Å². The van der Waals surface area contributed by atoms with Gasteiger partial charge in [-0.3, -0.25) is 13.9 Å². The Bertz CT molecular complexity index is 1330. The van der Waals surface area contributed by atoms with Gasteiger partial charge < -0.3 is 10.2 Å². The van der Waals surface area contributed by atoms with Crippen LogP contribution in [0.4, 0.5) is 5.69 Å². The smallest absolute Gasteiger partial charge is 0.243 e. The number of carbonyl (C=O) groups excluding carboxylic acids is 2. The van der Waals surface area contributed by atoms with Gasteiger partial charge in [0.1, 0.15) is 6.04 Å². The average molecular weight is 564 g/mol. The van der Waals surface area contributed by atoms with Crippen molar-refractivity contribution in [1.29, 1.82) is 0 Å². The van der Waals surface area contributed by atoms with Crippen LogP contribution in [-0.2, 0) is 32.6 Å². The summed E-state index contributed by atoms with van der Waals surface area (Å²) in [6.07, 6.45) is 3.79. The van der Waals surface area contributed by atoms with E-state index in [9.17, 15) is 18.0 Å². The summed E-state index contributed by atoms with van der Waals surface area (Å²) in [5.74, 6) is -0.366. The molecule has 2 amide bonds. The van der Waals surface area contributed by atoms with Crippen LogP contribution in [0.3, 0.4) is 0 Å². The Labute approximate surface area is 239 Å². The normalized spacial score (nSPS) is 12.0. The molecule has 0 radical (unpaired) electrons. The second-order valence-corrected chi connectivity index (χ2v) is 12.0. The van der Waals surface area contributed by atoms with E-state index < -0.39 is 16.1 Å². The summed E-state index contributed by atoms with van der Waals surface area (Å²) in [5, 5.41) is 3.03. The van der Waals surface area contributed by atoms with Crippen molar-refractivity contribution in [2.45, 2.75) is 58.5 Å². The summed E-state index contributed by atoms with van der Waals surface area (Å²) in [4.78, 5) is 29.0. The minimum absolute atomic E-state index is 0.109. The lowest BCUT2D eigenvalue weighted by atomic mass is 10.0. The predicted molar refractivity (Wildman–Crippen MR) is 161 cm³/mol. The van der Waals surface area contributed by atoms with Crippen LogP contribution in [-0.4, -0.2) is 50.5 Å². The van der Waals surface area contributed by atoms with Crippen molar-refractivity contribution < 1.29 is 18.0 Å². The fraction of sp³-hybridized carbons (Fsp3) is 0.375. The molecule has 8 heteroatoms. The second kappa shape index (κ2) is 15.2. The third kappa shape index (κ3) is 9.52. The van der Waals surface area contributed by atoms with Crippen LogP contribution >= 0.6 is 0 Å². The average Bonchev–Trinajstić information content (AvgIpc) is 2.93. The first-order valence-electron chi connectivity index (χ1n) is 13.9. The maximum Gasteiger partial charge on any atom is 0.243 e. The lowest BCUT2D eigenvalue weighted by Crippen LogP contribution is -2.50. The summed E-state index contributed by atoms with van der Waals surface area (Å²) in [6.45, 7) is 5.06. The number of benzene rings is 3. The van der Waals surface area contributed by atoms with Gasteiger partial charge in [0.15, 0.2) is 0 Å². The van der Waals surface area contributed by atoms with Gasteiger partial charge in [-0.15, -0.1) is 0 Å². The van der Waals surface area contributed by atoms with Gasteiger partial charge in [0.05, 0.1) is 11.9 Å². The van der Waals surface area contributed by atoms with Gasteiger partial charge in [0.25, 0.3) is 0 Å². The highest BCUT2D eigenvalue weighted by Crippen LogP contribution is 2.20. The van der Waals surface area contributed by atoms with Gasteiger partial charge in [0, 0.05) is 32.5 Å². The molecule has 0 aliphatic rings. The van der Waals surface area contributed by atoms with Crippen LogP contribution in [0, 0.1) is 6.92 Å². The maximum atomic E-state index is 13.8. The zero-order valence-corrected chi connectivity index (χ0v) is 24.6. The minimum atomic E-state index is -3.53. The Kier molecular flexibility index (Phi) is 11.8. The standard InChI is InChI=1S/C32H41N3O4S/c1-4-5-21-33-32(37)30(24-27-15-8-6-9-16-27)34(25-28-17-12-14-26(2)23-28)31(36)20-13-22-35(40(3,38)39)29-18-10-7-11-19-29/h6-12,14-19,23,30H,4-5,13,20-22,24-25H2,1-3H3,(H,33,37)/t30-/m0/s1. The van der Waals surface area contributed by atoms with E-state index in [1.807, 2.05) is 67.6 Å². The first-order chi connectivity index (χ1) is 19.2.